The highest BCUT2D eigenvalue weighted by molar-refractivity contribution is 5.20. The van der Waals surface area contributed by atoms with Crippen LogP contribution in [0, 0.1) is 0 Å². The summed E-state index contributed by atoms with van der Waals surface area (Å²) in [5.41, 5.74) is 1.47. The molecule has 10 heavy (non-hydrogen) atoms. The quantitative estimate of drug-likeness (QED) is 0.478. The molecule has 0 heteroatoms. The van der Waals surface area contributed by atoms with Crippen LogP contribution < -0.4 is 0 Å². The molecule has 0 aromatic carbocycles. The fourth-order valence-corrected chi connectivity index (χ4v) is 0.554. The molecule has 0 N–H and O–H groups in total. The van der Waals surface area contributed by atoms with E-state index in [2.05, 4.69) is 25.2 Å². The van der Waals surface area contributed by atoms with Gasteiger partial charge in [0.05, 0.1) is 0 Å². The minimum Gasteiger partial charge on any atom is -0.0805 e. The summed E-state index contributed by atoms with van der Waals surface area (Å²) in [4.78, 5) is 0. The van der Waals surface area contributed by atoms with Crippen molar-refractivity contribution in [3.8, 4) is 0 Å². The largest absolute Gasteiger partial charge is 0.0805 e. The van der Waals surface area contributed by atoms with Crippen LogP contribution in [0.5, 0.6) is 0 Å². The minimum absolute atomic E-state index is 1.17. The van der Waals surface area contributed by atoms with Gasteiger partial charge in [0.25, 0.3) is 0 Å². The summed E-state index contributed by atoms with van der Waals surface area (Å²) in [6.45, 7) is 10.1. The molecule has 1 rings (SSSR count). The Morgan fingerprint density at radius 2 is 1.60 bits per heavy atom. The van der Waals surface area contributed by atoms with Crippen molar-refractivity contribution < 1.29 is 0 Å². The van der Waals surface area contributed by atoms with E-state index in [-0.39, 0.29) is 0 Å². The van der Waals surface area contributed by atoms with Crippen molar-refractivity contribution >= 4 is 0 Å². The van der Waals surface area contributed by atoms with Crippen LogP contribution >= 0.6 is 0 Å². The van der Waals surface area contributed by atoms with E-state index >= 15 is 0 Å². The third-order valence-electron chi connectivity index (χ3n) is 0.957. The highest BCUT2D eigenvalue weighted by Gasteiger charge is 1.86. The lowest BCUT2D eigenvalue weighted by atomic mass is 10.3. The van der Waals surface area contributed by atoms with Gasteiger partial charge in [-0.3, -0.25) is 0 Å². The van der Waals surface area contributed by atoms with Gasteiger partial charge in [-0.15, -0.1) is 0 Å². The van der Waals surface area contributed by atoms with Gasteiger partial charge in [0.15, 0.2) is 0 Å². The van der Waals surface area contributed by atoms with E-state index in [4.69, 9.17) is 0 Å². The number of hydrogen-bond donors (Lipinski definition) is 0. The van der Waals surface area contributed by atoms with Gasteiger partial charge >= 0.3 is 0 Å². The molecule has 0 atom stereocenters. The molecule has 60 valence electrons. The molecule has 0 amide bonds. The molecule has 0 heterocycles. The summed E-state index contributed by atoms with van der Waals surface area (Å²) < 4.78 is 0. The van der Waals surface area contributed by atoms with Gasteiger partial charge in [-0.25, -0.2) is 0 Å². The molecule has 0 saturated heterocycles. The fourth-order valence-electron chi connectivity index (χ4n) is 0.554. The molecule has 0 aromatic heterocycles. The Labute approximate surface area is 65.7 Å². The van der Waals surface area contributed by atoms with Gasteiger partial charge in [0.1, 0.15) is 0 Å². The molecule has 0 unspecified atom stereocenters. The van der Waals surface area contributed by atoms with Crippen LogP contribution in [0.4, 0.5) is 0 Å². The first kappa shape index (κ1) is 12.2. The molecule has 0 saturated carbocycles. The van der Waals surface area contributed by atoms with E-state index in [1.165, 1.54) is 12.0 Å². The van der Waals surface area contributed by atoms with E-state index in [0.717, 1.165) is 0 Å². The van der Waals surface area contributed by atoms with Crippen LogP contribution in [-0.4, -0.2) is 0 Å². The molecule has 0 nitrogen and oxygen atoms in total. The lowest BCUT2D eigenvalue weighted by molar-refractivity contribution is 1.25. The van der Waals surface area contributed by atoms with Crippen molar-refractivity contribution in [3.05, 3.63) is 23.8 Å². The predicted molar refractivity (Wildman–Crippen MR) is 50.2 cm³/mol. The van der Waals surface area contributed by atoms with Gasteiger partial charge in [0.2, 0.25) is 0 Å². The first-order chi connectivity index (χ1) is 4.89. The van der Waals surface area contributed by atoms with Gasteiger partial charge in [-0.1, -0.05) is 51.5 Å². The summed E-state index contributed by atoms with van der Waals surface area (Å²) in [5, 5.41) is 0. The molecular weight excluding hydrogens is 120 g/mol. The Hall–Kier alpha value is -0.520. The van der Waals surface area contributed by atoms with Crippen molar-refractivity contribution in [2.24, 2.45) is 0 Å². The first-order valence-electron chi connectivity index (χ1n) is 4.22. The van der Waals surface area contributed by atoms with E-state index in [1.54, 1.807) is 0 Å². The number of allylic oxidation sites excluding steroid dienone is 4. The zero-order valence-electron chi connectivity index (χ0n) is 7.94. The lowest BCUT2D eigenvalue weighted by Gasteiger charge is -1.78. The fraction of sp³-hybridized carbons (Fsp3) is 0.600. The lowest BCUT2D eigenvalue weighted by Crippen LogP contribution is -1.58. The molecule has 1 aliphatic carbocycles. The number of rotatable bonds is 0. The predicted octanol–water partition coefficient (Wildman–Crippen LogP) is 3.95. The molecule has 0 bridgehead atoms. The van der Waals surface area contributed by atoms with Crippen molar-refractivity contribution in [2.45, 2.75) is 41.0 Å². The van der Waals surface area contributed by atoms with E-state index < -0.39 is 0 Å². The Morgan fingerprint density at radius 3 is 1.70 bits per heavy atom. The zero-order chi connectivity index (χ0) is 8.41. The van der Waals surface area contributed by atoms with Crippen molar-refractivity contribution in [1.29, 1.82) is 0 Å². The second-order valence-corrected chi connectivity index (χ2v) is 1.65. The molecule has 0 radical (unpaired) electrons. The maximum absolute atomic E-state index is 2.16. The summed E-state index contributed by atoms with van der Waals surface area (Å²) >= 11 is 0. The molecule has 0 fully saturated rings. The van der Waals surface area contributed by atoms with Crippen LogP contribution in [0.25, 0.3) is 0 Å². The average molecular weight is 140 g/mol. The second-order valence-electron chi connectivity index (χ2n) is 1.65. The third-order valence-corrected chi connectivity index (χ3v) is 0.957. The Bertz CT molecular complexity index is 96.6. The first-order valence-corrected chi connectivity index (χ1v) is 4.22. The third kappa shape index (κ3) is 7.48. The Kier molecular flexibility index (Phi) is 13.8. The SMILES string of the molecule is CC.CC.CC1=CC=CC1. The van der Waals surface area contributed by atoms with Crippen LogP contribution in [0.15, 0.2) is 23.8 Å². The Morgan fingerprint density at radius 1 is 1.10 bits per heavy atom. The normalized spacial score (nSPS) is 12.3. The van der Waals surface area contributed by atoms with Crippen molar-refractivity contribution in [3.63, 3.8) is 0 Å². The highest BCUT2D eigenvalue weighted by Crippen LogP contribution is 2.06. The smallest absolute Gasteiger partial charge is 0.0135 e. The molecule has 0 aromatic rings. The zero-order valence-corrected chi connectivity index (χ0v) is 7.94. The maximum Gasteiger partial charge on any atom is -0.0135 e. The van der Waals surface area contributed by atoms with E-state index in [0.29, 0.717) is 0 Å². The molecule has 0 spiro atoms. The summed E-state index contributed by atoms with van der Waals surface area (Å²) in [5.74, 6) is 0. The summed E-state index contributed by atoms with van der Waals surface area (Å²) in [6.07, 6.45) is 7.56. The number of hydrogen-bond acceptors (Lipinski definition) is 0. The van der Waals surface area contributed by atoms with Crippen LogP contribution in [0.2, 0.25) is 0 Å². The average Bonchev–Trinajstić information content (AvgIpc) is 2.48. The van der Waals surface area contributed by atoms with Crippen LogP contribution in [0.3, 0.4) is 0 Å². The summed E-state index contributed by atoms with van der Waals surface area (Å²) in [7, 11) is 0. The maximum atomic E-state index is 2.16. The Balaban J connectivity index is 0. The second kappa shape index (κ2) is 11.3. The van der Waals surface area contributed by atoms with Gasteiger partial charge < -0.3 is 0 Å². The highest BCUT2D eigenvalue weighted by atomic mass is 13.9. The van der Waals surface area contributed by atoms with E-state index in [1.807, 2.05) is 27.7 Å². The molecule has 0 aliphatic heterocycles. The van der Waals surface area contributed by atoms with E-state index in [9.17, 15) is 0 Å². The standard InChI is InChI=1S/C6H8.2C2H6/c1-6-4-2-3-5-6;2*1-2/h2-4H,5H2,1H3;2*1-2H3. The van der Waals surface area contributed by atoms with Crippen LogP contribution in [0.1, 0.15) is 41.0 Å². The monoisotopic (exact) mass is 140 g/mol. The van der Waals surface area contributed by atoms with Gasteiger partial charge in [-0.2, -0.15) is 0 Å². The molecule has 1 aliphatic rings. The van der Waals surface area contributed by atoms with Gasteiger partial charge in [-0.05, 0) is 13.3 Å². The van der Waals surface area contributed by atoms with Crippen molar-refractivity contribution in [1.82, 2.24) is 0 Å². The minimum atomic E-state index is 1.17. The van der Waals surface area contributed by atoms with Gasteiger partial charge in [0, 0.05) is 0 Å². The van der Waals surface area contributed by atoms with Crippen LogP contribution in [-0.2, 0) is 0 Å². The topological polar surface area (TPSA) is 0 Å². The molecular formula is C10H20. The summed E-state index contributed by atoms with van der Waals surface area (Å²) in [6, 6.07) is 0. The van der Waals surface area contributed by atoms with Crippen molar-refractivity contribution in [2.75, 3.05) is 0 Å².